The molecule has 1 aromatic rings. The second-order valence-electron chi connectivity index (χ2n) is 3.28. The van der Waals surface area contributed by atoms with Crippen LogP contribution in [0.2, 0.25) is 0 Å². The average Bonchev–Trinajstić information content (AvgIpc) is 2.28. The van der Waals surface area contributed by atoms with Crippen LogP contribution in [0.3, 0.4) is 0 Å². The van der Waals surface area contributed by atoms with Crippen LogP contribution in [0.15, 0.2) is 11.2 Å². The Hall–Kier alpha value is -1.50. The summed E-state index contributed by atoms with van der Waals surface area (Å²) in [6.45, 7) is 3.82. The first-order valence-electron chi connectivity index (χ1n) is 5.18. The zero-order valence-corrected chi connectivity index (χ0v) is 10.9. The van der Waals surface area contributed by atoms with E-state index in [1.807, 2.05) is 6.26 Å². The Kier molecular flexibility index (Phi) is 5.02. The Morgan fingerprint density at radius 3 is 2.94 bits per heavy atom. The van der Waals surface area contributed by atoms with E-state index in [1.54, 1.807) is 19.9 Å². The summed E-state index contributed by atoms with van der Waals surface area (Å²) >= 11 is 1.38. The molecule has 3 N–H and O–H groups in total. The van der Waals surface area contributed by atoms with Crippen molar-refractivity contribution in [2.24, 2.45) is 0 Å². The highest BCUT2D eigenvalue weighted by Crippen LogP contribution is 2.15. The first-order valence-corrected chi connectivity index (χ1v) is 6.41. The molecule has 0 aliphatic rings. The topological polar surface area (TPSA) is 90.1 Å². The van der Waals surface area contributed by atoms with Gasteiger partial charge in [-0.3, -0.25) is 0 Å². The smallest absolute Gasteiger partial charge is 0.328 e. The van der Waals surface area contributed by atoms with E-state index >= 15 is 0 Å². The third-order valence-corrected chi connectivity index (χ3v) is 2.46. The number of esters is 1. The third-order valence-electron chi connectivity index (χ3n) is 1.91. The molecule has 7 heteroatoms. The number of nitrogens with one attached hydrogen (secondary N) is 1. The number of carbonyl (C=O) groups excluding carboxylic acids is 1. The van der Waals surface area contributed by atoms with Gasteiger partial charge in [0.15, 0.2) is 5.16 Å². The summed E-state index contributed by atoms with van der Waals surface area (Å²) in [6.07, 6.45) is 1.85. The molecule has 0 amide bonds. The number of hydrogen-bond donors (Lipinski definition) is 2. The fourth-order valence-electron chi connectivity index (χ4n) is 1.16. The van der Waals surface area contributed by atoms with E-state index in [4.69, 9.17) is 10.5 Å². The maximum atomic E-state index is 11.4. The number of nitrogens with two attached hydrogens (primary N) is 1. The van der Waals surface area contributed by atoms with Crippen molar-refractivity contribution in [1.82, 2.24) is 9.97 Å². The third kappa shape index (κ3) is 4.10. The van der Waals surface area contributed by atoms with Gasteiger partial charge in [0.25, 0.3) is 0 Å². The van der Waals surface area contributed by atoms with Crippen molar-refractivity contribution in [1.29, 1.82) is 0 Å². The van der Waals surface area contributed by atoms with E-state index in [2.05, 4.69) is 15.3 Å². The van der Waals surface area contributed by atoms with Gasteiger partial charge in [-0.25, -0.2) is 14.8 Å². The number of nitrogen functional groups attached to an aromatic ring is 1. The molecule has 1 atom stereocenters. The van der Waals surface area contributed by atoms with Crippen molar-refractivity contribution in [3.05, 3.63) is 6.07 Å². The maximum Gasteiger partial charge on any atom is 0.328 e. The number of carbonyl (C=O) groups is 1. The summed E-state index contributed by atoms with van der Waals surface area (Å²) in [5, 5.41) is 3.48. The van der Waals surface area contributed by atoms with Crippen molar-refractivity contribution in [3.63, 3.8) is 0 Å². The van der Waals surface area contributed by atoms with E-state index in [0.29, 0.717) is 23.4 Å². The maximum absolute atomic E-state index is 11.4. The van der Waals surface area contributed by atoms with Crippen LogP contribution in [-0.4, -0.2) is 34.8 Å². The van der Waals surface area contributed by atoms with Crippen LogP contribution >= 0.6 is 11.8 Å². The van der Waals surface area contributed by atoms with Gasteiger partial charge in [0, 0.05) is 6.07 Å². The first-order chi connectivity index (χ1) is 8.06. The number of ether oxygens (including phenoxy) is 1. The lowest BCUT2D eigenvalue weighted by atomic mass is 10.3. The lowest BCUT2D eigenvalue weighted by molar-refractivity contribution is -0.143. The van der Waals surface area contributed by atoms with Gasteiger partial charge in [0.2, 0.25) is 0 Å². The van der Waals surface area contributed by atoms with Gasteiger partial charge in [0.1, 0.15) is 17.7 Å². The van der Waals surface area contributed by atoms with Crippen LogP contribution in [0.4, 0.5) is 11.6 Å². The number of anilines is 2. The monoisotopic (exact) mass is 256 g/mol. The largest absolute Gasteiger partial charge is 0.464 e. The molecule has 1 unspecified atom stereocenters. The number of thioether (sulfide) groups is 1. The Morgan fingerprint density at radius 2 is 2.35 bits per heavy atom. The van der Waals surface area contributed by atoms with E-state index in [-0.39, 0.29) is 5.97 Å². The molecule has 94 valence electrons. The summed E-state index contributed by atoms with van der Waals surface area (Å²) in [6, 6.07) is 1.11. The highest BCUT2D eigenvalue weighted by atomic mass is 32.2. The lowest BCUT2D eigenvalue weighted by Crippen LogP contribution is -2.28. The van der Waals surface area contributed by atoms with Crippen LogP contribution in [0.25, 0.3) is 0 Å². The van der Waals surface area contributed by atoms with Gasteiger partial charge in [0.05, 0.1) is 6.61 Å². The summed E-state index contributed by atoms with van der Waals surface area (Å²) in [5.74, 6) is 0.556. The quantitative estimate of drug-likeness (QED) is 0.464. The molecule has 6 nitrogen and oxygen atoms in total. The van der Waals surface area contributed by atoms with E-state index in [1.165, 1.54) is 11.8 Å². The molecule has 0 fully saturated rings. The molecule has 0 spiro atoms. The molecule has 0 radical (unpaired) electrons. The molecular formula is C10H16N4O2S. The Balaban J connectivity index is 2.73. The Morgan fingerprint density at radius 1 is 1.65 bits per heavy atom. The second kappa shape index (κ2) is 6.29. The van der Waals surface area contributed by atoms with Gasteiger partial charge in [-0.05, 0) is 20.1 Å². The van der Waals surface area contributed by atoms with Gasteiger partial charge >= 0.3 is 5.97 Å². The van der Waals surface area contributed by atoms with Crippen LogP contribution in [0, 0.1) is 0 Å². The van der Waals surface area contributed by atoms with Crippen LogP contribution < -0.4 is 11.1 Å². The summed E-state index contributed by atoms with van der Waals surface area (Å²) in [5.41, 5.74) is 5.62. The van der Waals surface area contributed by atoms with Crippen LogP contribution in [0.1, 0.15) is 13.8 Å². The fraction of sp³-hybridized carbons (Fsp3) is 0.500. The van der Waals surface area contributed by atoms with Gasteiger partial charge in [-0.15, -0.1) is 0 Å². The first kappa shape index (κ1) is 13.6. The number of nitrogens with zero attached hydrogens (tertiary/aromatic N) is 2. The van der Waals surface area contributed by atoms with Crippen molar-refractivity contribution in [2.45, 2.75) is 25.0 Å². The minimum Gasteiger partial charge on any atom is -0.464 e. The minimum absolute atomic E-state index is 0.324. The van der Waals surface area contributed by atoms with Crippen LogP contribution in [0.5, 0.6) is 0 Å². The second-order valence-corrected chi connectivity index (χ2v) is 4.06. The highest BCUT2D eigenvalue weighted by molar-refractivity contribution is 7.98. The lowest BCUT2D eigenvalue weighted by Gasteiger charge is -2.13. The molecule has 0 aliphatic heterocycles. The zero-order chi connectivity index (χ0) is 12.8. The van der Waals surface area contributed by atoms with Crippen molar-refractivity contribution >= 4 is 29.4 Å². The molecule has 0 bridgehead atoms. The summed E-state index contributed by atoms with van der Waals surface area (Å²) < 4.78 is 4.88. The highest BCUT2D eigenvalue weighted by Gasteiger charge is 2.14. The molecule has 0 aliphatic carbocycles. The molecule has 1 heterocycles. The molecule has 0 aromatic carbocycles. The summed E-state index contributed by atoms with van der Waals surface area (Å²) in [4.78, 5) is 19.6. The van der Waals surface area contributed by atoms with Crippen molar-refractivity contribution in [3.8, 4) is 0 Å². The van der Waals surface area contributed by atoms with Gasteiger partial charge < -0.3 is 15.8 Å². The predicted octanol–water partition coefficient (Wildman–Crippen LogP) is 1.14. The van der Waals surface area contributed by atoms with E-state index in [0.717, 1.165) is 0 Å². The average molecular weight is 256 g/mol. The fourth-order valence-corrected chi connectivity index (χ4v) is 1.54. The van der Waals surface area contributed by atoms with Gasteiger partial charge in [-0.2, -0.15) is 0 Å². The molecule has 17 heavy (non-hydrogen) atoms. The number of rotatable bonds is 5. The zero-order valence-electron chi connectivity index (χ0n) is 10.1. The molecular weight excluding hydrogens is 240 g/mol. The van der Waals surface area contributed by atoms with E-state index < -0.39 is 6.04 Å². The normalized spacial score (nSPS) is 11.9. The van der Waals surface area contributed by atoms with Crippen molar-refractivity contribution in [2.75, 3.05) is 23.9 Å². The number of aromatic nitrogens is 2. The molecule has 0 saturated heterocycles. The molecule has 1 rings (SSSR count). The molecule has 1 aromatic heterocycles. The predicted molar refractivity (Wildman–Crippen MR) is 67.9 cm³/mol. The molecule has 0 saturated carbocycles. The van der Waals surface area contributed by atoms with Gasteiger partial charge in [-0.1, -0.05) is 11.8 Å². The van der Waals surface area contributed by atoms with Crippen LogP contribution in [-0.2, 0) is 9.53 Å². The SMILES string of the molecule is CCOC(=O)C(C)Nc1cc(N)nc(SC)n1. The van der Waals surface area contributed by atoms with E-state index in [9.17, 15) is 4.79 Å². The Bertz CT molecular complexity index is 400. The Labute approximate surface area is 104 Å². The van der Waals surface area contributed by atoms with Crippen molar-refractivity contribution < 1.29 is 9.53 Å². The summed E-state index contributed by atoms with van der Waals surface area (Å²) in [7, 11) is 0. The minimum atomic E-state index is -0.473. The number of hydrogen-bond acceptors (Lipinski definition) is 7. The standard InChI is InChI=1S/C10H16N4O2S/c1-4-16-9(15)6(2)12-8-5-7(11)13-10(14-8)17-3/h5-6H,4H2,1-3H3,(H3,11,12,13,14).